The van der Waals surface area contributed by atoms with Gasteiger partial charge in [0.2, 0.25) is 0 Å². The summed E-state index contributed by atoms with van der Waals surface area (Å²) in [6, 6.07) is 9.74. The fraction of sp³-hybridized carbons (Fsp3) is 0.619. The Morgan fingerprint density at radius 2 is 1.54 bits per heavy atom. The number of carbonyl (C=O) groups excluding carboxylic acids is 2. The first-order chi connectivity index (χ1) is 12.7. The van der Waals surface area contributed by atoms with Crippen molar-refractivity contribution in [3.63, 3.8) is 0 Å². The minimum Gasteiger partial charge on any atom is -0.412 e. The number of carbonyl (C=O) groups is 2. The SMILES string of the molecule is CC(C)(O[Si](C)(C)C)C1CC(C(O[Si](C)(C)C)c2ccccc2)C(=O)OC1=O. The van der Waals surface area contributed by atoms with Crippen LogP contribution < -0.4 is 0 Å². The average Bonchev–Trinajstić information content (AvgIpc) is 2.50. The van der Waals surface area contributed by atoms with Crippen LogP contribution in [-0.4, -0.2) is 34.2 Å². The molecule has 156 valence electrons. The maximum atomic E-state index is 12.7. The maximum absolute atomic E-state index is 12.7. The van der Waals surface area contributed by atoms with Crippen LogP contribution in [0.2, 0.25) is 39.3 Å². The maximum Gasteiger partial charge on any atom is 0.319 e. The highest BCUT2D eigenvalue weighted by Crippen LogP contribution is 2.41. The molecule has 28 heavy (non-hydrogen) atoms. The third-order valence-corrected chi connectivity index (χ3v) is 6.76. The van der Waals surface area contributed by atoms with Crippen LogP contribution in [0.1, 0.15) is 31.9 Å². The van der Waals surface area contributed by atoms with Crippen LogP contribution in [0.25, 0.3) is 0 Å². The lowest BCUT2D eigenvalue weighted by atomic mass is 9.78. The summed E-state index contributed by atoms with van der Waals surface area (Å²) in [5.41, 5.74) is 0.227. The zero-order valence-corrected chi connectivity index (χ0v) is 20.4. The molecule has 0 aromatic heterocycles. The number of benzene rings is 1. The summed E-state index contributed by atoms with van der Waals surface area (Å²) in [6.07, 6.45) is -0.0715. The van der Waals surface area contributed by atoms with E-state index in [0.29, 0.717) is 6.42 Å². The summed E-state index contributed by atoms with van der Waals surface area (Å²) in [5.74, 6) is -2.05. The summed E-state index contributed by atoms with van der Waals surface area (Å²) in [4.78, 5) is 25.3. The number of esters is 2. The second-order valence-electron chi connectivity index (χ2n) is 10.0. The van der Waals surface area contributed by atoms with Gasteiger partial charge in [0.25, 0.3) is 0 Å². The average molecular weight is 423 g/mol. The van der Waals surface area contributed by atoms with Gasteiger partial charge in [0, 0.05) is 0 Å². The number of cyclic esters (lactones) is 2. The summed E-state index contributed by atoms with van der Waals surface area (Å²) < 4.78 is 17.9. The van der Waals surface area contributed by atoms with Gasteiger partial charge in [-0.05, 0) is 65.1 Å². The van der Waals surface area contributed by atoms with E-state index in [0.717, 1.165) is 5.56 Å². The Kier molecular flexibility index (Phi) is 6.75. The van der Waals surface area contributed by atoms with Gasteiger partial charge in [0.15, 0.2) is 16.6 Å². The van der Waals surface area contributed by atoms with Gasteiger partial charge in [-0.1, -0.05) is 30.3 Å². The third-order valence-electron chi connectivity index (χ3n) is 4.66. The molecule has 0 radical (unpaired) electrons. The summed E-state index contributed by atoms with van der Waals surface area (Å²) >= 11 is 0. The van der Waals surface area contributed by atoms with E-state index in [4.69, 9.17) is 13.6 Å². The molecule has 1 aliphatic rings. The molecule has 3 unspecified atom stereocenters. The van der Waals surface area contributed by atoms with E-state index >= 15 is 0 Å². The molecule has 0 bridgehead atoms. The zero-order valence-electron chi connectivity index (χ0n) is 18.4. The van der Waals surface area contributed by atoms with Crippen molar-refractivity contribution in [3.05, 3.63) is 35.9 Å². The highest BCUT2D eigenvalue weighted by atomic mass is 28.4. The molecule has 0 saturated carbocycles. The van der Waals surface area contributed by atoms with Gasteiger partial charge in [0.1, 0.15) is 0 Å². The third kappa shape index (κ3) is 6.10. The van der Waals surface area contributed by atoms with Gasteiger partial charge in [0.05, 0.1) is 23.5 Å². The van der Waals surface area contributed by atoms with Crippen LogP contribution in [0.15, 0.2) is 30.3 Å². The highest BCUT2D eigenvalue weighted by molar-refractivity contribution is 6.70. The van der Waals surface area contributed by atoms with Gasteiger partial charge < -0.3 is 13.6 Å². The Hall–Kier alpha value is -1.29. The van der Waals surface area contributed by atoms with Crippen molar-refractivity contribution in [2.24, 2.45) is 11.8 Å². The van der Waals surface area contributed by atoms with Crippen molar-refractivity contribution >= 4 is 28.6 Å². The second kappa shape index (κ2) is 8.22. The molecule has 0 spiro atoms. The molecule has 0 amide bonds. The molecule has 1 fully saturated rings. The van der Waals surface area contributed by atoms with Crippen molar-refractivity contribution < 1.29 is 23.2 Å². The van der Waals surface area contributed by atoms with Crippen LogP contribution >= 0.6 is 0 Å². The molecule has 1 heterocycles. The Morgan fingerprint density at radius 3 is 2.04 bits per heavy atom. The van der Waals surface area contributed by atoms with Crippen molar-refractivity contribution in [2.45, 2.75) is 71.3 Å². The summed E-state index contributed by atoms with van der Waals surface area (Å²) in [6.45, 7) is 16.4. The molecule has 0 N–H and O–H groups in total. The van der Waals surface area contributed by atoms with E-state index in [-0.39, 0.29) is 0 Å². The molecular weight excluding hydrogens is 388 g/mol. The number of rotatable bonds is 7. The minimum absolute atomic E-state index is 0.360. The Labute approximate surface area is 171 Å². The standard InChI is InChI=1S/C21H34O5Si2/c1-21(2,26-28(6,7)8)17-14-16(19(22)24-20(17)23)18(25-27(3,4)5)15-12-10-9-11-13-15/h9-13,16-18H,14H2,1-8H3. The smallest absolute Gasteiger partial charge is 0.319 e. The quantitative estimate of drug-likeness (QED) is 0.355. The van der Waals surface area contributed by atoms with Crippen LogP contribution in [0.5, 0.6) is 0 Å². The summed E-state index contributed by atoms with van der Waals surface area (Å²) in [7, 11) is -3.85. The predicted molar refractivity (Wildman–Crippen MR) is 115 cm³/mol. The van der Waals surface area contributed by atoms with E-state index in [9.17, 15) is 9.59 Å². The predicted octanol–water partition coefficient (Wildman–Crippen LogP) is 4.92. The Morgan fingerprint density at radius 1 is 0.964 bits per heavy atom. The van der Waals surface area contributed by atoms with Gasteiger partial charge >= 0.3 is 11.9 Å². The van der Waals surface area contributed by atoms with Crippen LogP contribution in [0.4, 0.5) is 0 Å². The van der Waals surface area contributed by atoms with E-state index in [1.54, 1.807) is 0 Å². The molecular formula is C21H34O5Si2. The van der Waals surface area contributed by atoms with Gasteiger partial charge in [-0.15, -0.1) is 0 Å². The fourth-order valence-corrected chi connectivity index (χ4v) is 6.56. The van der Waals surface area contributed by atoms with Crippen molar-refractivity contribution in [1.82, 2.24) is 0 Å². The lowest BCUT2D eigenvalue weighted by molar-refractivity contribution is -0.181. The minimum atomic E-state index is -1.96. The number of hydrogen-bond acceptors (Lipinski definition) is 5. The first-order valence-electron chi connectivity index (χ1n) is 9.88. The largest absolute Gasteiger partial charge is 0.412 e. The van der Waals surface area contributed by atoms with Gasteiger partial charge in [-0.25, -0.2) is 0 Å². The molecule has 1 aromatic carbocycles. The van der Waals surface area contributed by atoms with Crippen LogP contribution in [0.3, 0.4) is 0 Å². The van der Waals surface area contributed by atoms with Crippen molar-refractivity contribution in [1.29, 1.82) is 0 Å². The highest BCUT2D eigenvalue weighted by Gasteiger charge is 2.50. The monoisotopic (exact) mass is 422 g/mol. The van der Waals surface area contributed by atoms with E-state index in [1.807, 2.05) is 44.2 Å². The summed E-state index contributed by atoms with van der Waals surface area (Å²) in [5, 5.41) is 0. The molecule has 1 saturated heterocycles. The normalized spacial score (nSPS) is 22.7. The molecule has 1 aromatic rings. The molecule has 7 heteroatoms. The first-order valence-corrected chi connectivity index (χ1v) is 16.7. The molecule has 0 aliphatic carbocycles. The number of hydrogen-bond donors (Lipinski definition) is 0. The lowest BCUT2D eigenvalue weighted by Gasteiger charge is -2.42. The van der Waals surface area contributed by atoms with Crippen LogP contribution in [0, 0.1) is 11.8 Å². The molecule has 1 aliphatic heterocycles. The molecule has 3 atom stereocenters. The Balaban J connectivity index is 2.37. The van der Waals surface area contributed by atoms with E-state index in [2.05, 4.69) is 39.3 Å². The molecule has 2 rings (SSSR count). The Bertz CT molecular complexity index is 704. The zero-order chi connectivity index (χ0) is 21.3. The number of ether oxygens (including phenoxy) is 1. The lowest BCUT2D eigenvalue weighted by Crippen LogP contribution is -2.52. The van der Waals surface area contributed by atoms with Gasteiger partial charge in [-0.2, -0.15) is 0 Å². The van der Waals surface area contributed by atoms with Gasteiger partial charge in [-0.3, -0.25) is 9.59 Å². The van der Waals surface area contributed by atoms with Crippen LogP contribution in [-0.2, 0) is 23.2 Å². The van der Waals surface area contributed by atoms with E-state index in [1.165, 1.54) is 0 Å². The topological polar surface area (TPSA) is 61.8 Å². The fourth-order valence-electron chi connectivity index (χ4n) is 3.77. The van der Waals surface area contributed by atoms with E-state index < -0.39 is 52.1 Å². The first kappa shape index (κ1) is 23.0. The van der Waals surface area contributed by atoms with Crippen molar-refractivity contribution in [3.8, 4) is 0 Å². The second-order valence-corrected chi connectivity index (χ2v) is 18.9. The molecule has 5 nitrogen and oxygen atoms in total. The van der Waals surface area contributed by atoms with Crippen molar-refractivity contribution in [2.75, 3.05) is 0 Å².